The lowest BCUT2D eigenvalue weighted by atomic mass is 9.81. The van der Waals surface area contributed by atoms with E-state index >= 15 is 13.2 Å². The maximum atomic E-state index is 15.2. The monoisotopic (exact) mass is 868 g/mol. The molecule has 61 heavy (non-hydrogen) atoms. The highest BCUT2D eigenvalue weighted by molar-refractivity contribution is 7.16. The minimum atomic E-state index is -5.01. The van der Waals surface area contributed by atoms with Crippen LogP contribution in [0.3, 0.4) is 0 Å². The SMILES string of the molecule is O=C1N(Cc2cc(-c3cc(C45OCCc6ccnc(c64)N(Cc4ccc(Cl)s4)C5=O)cc4c3OCO4)c(C(F)(F)F)o2)c2nccc3c2C1(c1ccc2c(c1)OCO2)OCC3. The van der Waals surface area contributed by atoms with E-state index < -0.39 is 47.1 Å². The van der Waals surface area contributed by atoms with Gasteiger partial charge in [-0.1, -0.05) is 17.7 Å². The number of alkyl halides is 3. The van der Waals surface area contributed by atoms with Crippen molar-refractivity contribution < 1.29 is 55.6 Å². The maximum absolute atomic E-state index is 15.2. The molecule has 0 spiro atoms. The standard InChI is InChI=1S/C43H28ClF3N4O9S/c44-32-4-2-26(61-32)18-51-38-34-22(6-10-49-38)8-12-59-42(34,40(51)53)24-13-27(35-31(15-24)56-20-57-35)28-16-25(60-36(28)43(45,46)47)17-50-37-33-21(5-9-48-37)7-11-58-41(33,39(50)52)23-1-3-29-30(14-23)55-19-54-29/h1-6,9-10,13-16H,7-8,11-12,17-20H2. The van der Waals surface area contributed by atoms with Crippen molar-refractivity contribution in [3.63, 3.8) is 0 Å². The molecular formula is C43H28ClF3N4O9S. The van der Waals surface area contributed by atoms with E-state index in [4.69, 9.17) is 44.4 Å². The van der Waals surface area contributed by atoms with Gasteiger partial charge in [0, 0.05) is 50.7 Å². The van der Waals surface area contributed by atoms with Gasteiger partial charge >= 0.3 is 6.18 Å². The van der Waals surface area contributed by atoms with Crippen LogP contribution in [0.4, 0.5) is 24.8 Å². The molecule has 0 fully saturated rings. The second-order valence-corrected chi connectivity index (χ2v) is 17.0. The summed E-state index contributed by atoms with van der Waals surface area (Å²) in [5.41, 5.74) is -0.556. The molecule has 2 aromatic carbocycles. The normalized spacial score (nSPS) is 21.7. The van der Waals surface area contributed by atoms with Crippen LogP contribution in [-0.2, 0) is 62.4 Å². The average Bonchev–Trinajstić information content (AvgIpc) is 4.13. The van der Waals surface area contributed by atoms with Crippen LogP contribution in [0.15, 0.2) is 77.5 Å². The number of benzene rings is 2. The summed E-state index contributed by atoms with van der Waals surface area (Å²) in [4.78, 5) is 42.5. The van der Waals surface area contributed by atoms with Crippen molar-refractivity contribution in [3.8, 4) is 34.1 Å². The molecular weight excluding hydrogens is 841 g/mol. The molecule has 0 N–H and O–H groups in total. The van der Waals surface area contributed by atoms with Crippen molar-refractivity contribution >= 4 is 46.4 Å². The fourth-order valence-corrected chi connectivity index (χ4v) is 10.5. The number of hydrogen-bond acceptors (Lipinski definition) is 12. The molecule has 2 atom stereocenters. The first-order valence-electron chi connectivity index (χ1n) is 19.2. The molecule has 12 rings (SSSR count). The lowest BCUT2D eigenvalue weighted by Crippen LogP contribution is -2.45. The molecule has 0 radical (unpaired) electrons. The fourth-order valence-electron chi connectivity index (χ4n) is 9.46. The van der Waals surface area contributed by atoms with E-state index in [1.54, 1.807) is 48.8 Å². The van der Waals surface area contributed by atoms with E-state index in [-0.39, 0.29) is 67.5 Å². The number of fused-ring (bicyclic) bond motifs is 2. The molecule has 13 nitrogen and oxygen atoms in total. The number of ether oxygens (including phenoxy) is 6. The van der Waals surface area contributed by atoms with Gasteiger partial charge in [-0.15, -0.1) is 11.3 Å². The minimum absolute atomic E-state index is 0.0152. The van der Waals surface area contributed by atoms with Crippen LogP contribution >= 0.6 is 22.9 Å². The summed E-state index contributed by atoms with van der Waals surface area (Å²) in [6.45, 7) is -0.221. The second-order valence-electron chi connectivity index (χ2n) is 15.2. The predicted octanol–water partition coefficient (Wildman–Crippen LogP) is 7.65. The Morgan fingerprint density at radius 3 is 2.03 bits per heavy atom. The summed E-state index contributed by atoms with van der Waals surface area (Å²) in [5.74, 6) is -0.887. The highest BCUT2D eigenvalue weighted by Crippen LogP contribution is 2.56. The van der Waals surface area contributed by atoms with Crippen molar-refractivity contribution in [2.24, 2.45) is 0 Å². The van der Waals surface area contributed by atoms with E-state index in [2.05, 4.69) is 9.97 Å². The van der Waals surface area contributed by atoms with Gasteiger partial charge in [-0.2, -0.15) is 13.2 Å². The summed E-state index contributed by atoms with van der Waals surface area (Å²) in [6, 6.07) is 16.5. The molecule has 6 aliphatic heterocycles. The molecule has 0 aliphatic carbocycles. The number of halogens is 4. The van der Waals surface area contributed by atoms with E-state index in [9.17, 15) is 9.59 Å². The number of furan rings is 1. The third kappa shape index (κ3) is 5.14. The second kappa shape index (κ2) is 12.9. The van der Waals surface area contributed by atoms with Crippen LogP contribution in [0.2, 0.25) is 4.34 Å². The molecule has 308 valence electrons. The lowest BCUT2D eigenvalue weighted by Gasteiger charge is -2.34. The van der Waals surface area contributed by atoms with Crippen molar-refractivity contribution in [1.29, 1.82) is 0 Å². The third-order valence-electron chi connectivity index (χ3n) is 12.0. The minimum Gasteiger partial charge on any atom is -0.454 e. The van der Waals surface area contributed by atoms with E-state index in [1.807, 2.05) is 12.1 Å². The van der Waals surface area contributed by atoms with E-state index in [0.29, 0.717) is 51.2 Å². The smallest absolute Gasteiger partial charge is 0.450 e. The van der Waals surface area contributed by atoms with Crippen molar-refractivity contribution in [3.05, 3.63) is 127 Å². The van der Waals surface area contributed by atoms with Gasteiger partial charge in [-0.25, -0.2) is 9.97 Å². The number of pyridine rings is 2. The molecule has 0 saturated carbocycles. The fraction of sp³-hybridized carbons (Fsp3) is 0.256. The Morgan fingerprint density at radius 1 is 0.705 bits per heavy atom. The predicted molar refractivity (Wildman–Crippen MR) is 209 cm³/mol. The van der Waals surface area contributed by atoms with E-state index in [0.717, 1.165) is 16.0 Å². The Kier molecular flexibility index (Phi) is 7.78. The van der Waals surface area contributed by atoms with Gasteiger partial charge in [0.05, 0.1) is 30.6 Å². The third-order valence-corrected chi connectivity index (χ3v) is 13.2. The quantitative estimate of drug-likeness (QED) is 0.157. The zero-order chi connectivity index (χ0) is 41.4. The van der Waals surface area contributed by atoms with Crippen LogP contribution in [0.1, 0.15) is 49.8 Å². The van der Waals surface area contributed by atoms with Crippen molar-refractivity contribution in [1.82, 2.24) is 9.97 Å². The van der Waals surface area contributed by atoms with Crippen molar-refractivity contribution in [2.45, 2.75) is 43.3 Å². The Bertz CT molecular complexity index is 2900. The molecule has 2 amide bonds. The van der Waals surface area contributed by atoms with Gasteiger partial charge in [0.15, 0.2) is 23.0 Å². The van der Waals surface area contributed by atoms with Gasteiger partial charge in [0.2, 0.25) is 30.5 Å². The van der Waals surface area contributed by atoms with Gasteiger partial charge in [-0.05, 0) is 78.6 Å². The first kappa shape index (κ1) is 36.7. The molecule has 6 aromatic rings. The van der Waals surface area contributed by atoms with Crippen molar-refractivity contribution in [2.75, 3.05) is 36.6 Å². The maximum Gasteiger partial charge on any atom is 0.450 e. The molecule has 6 aliphatic rings. The average molecular weight is 869 g/mol. The number of anilines is 2. The Morgan fingerprint density at radius 2 is 1.34 bits per heavy atom. The Hall–Kier alpha value is -6.14. The lowest BCUT2D eigenvalue weighted by molar-refractivity contribution is -0.152. The van der Waals surface area contributed by atoms with Crippen LogP contribution in [0, 0.1) is 0 Å². The zero-order valence-corrected chi connectivity index (χ0v) is 33.0. The molecule has 18 heteroatoms. The summed E-state index contributed by atoms with van der Waals surface area (Å²) in [5, 5.41) is 0. The summed E-state index contributed by atoms with van der Waals surface area (Å²) < 4.78 is 87.5. The number of carbonyl (C=O) groups is 2. The van der Waals surface area contributed by atoms with Gasteiger partial charge in [-0.3, -0.25) is 19.4 Å². The molecule has 4 aromatic heterocycles. The largest absolute Gasteiger partial charge is 0.454 e. The first-order valence-corrected chi connectivity index (χ1v) is 20.4. The number of hydrogen-bond donors (Lipinski definition) is 0. The van der Waals surface area contributed by atoms with E-state index in [1.165, 1.54) is 33.3 Å². The molecule has 0 saturated heterocycles. The first-order chi connectivity index (χ1) is 29.5. The topological polar surface area (TPSA) is 135 Å². The Labute approximate surface area is 352 Å². The highest BCUT2D eigenvalue weighted by atomic mass is 35.5. The number of thiophene rings is 1. The number of aromatic nitrogens is 2. The Balaban J connectivity index is 0.978. The number of carbonyl (C=O) groups excluding carboxylic acids is 2. The molecule has 10 heterocycles. The number of amides is 2. The molecule has 2 unspecified atom stereocenters. The summed E-state index contributed by atoms with van der Waals surface area (Å²) in [7, 11) is 0. The summed E-state index contributed by atoms with van der Waals surface area (Å²) >= 11 is 7.56. The van der Waals surface area contributed by atoms with Crippen LogP contribution in [-0.4, -0.2) is 48.6 Å². The molecule has 0 bridgehead atoms. The van der Waals surface area contributed by atoms with Crippen LogP contribution in [0.25, 0.3) is 11.1 Å². The highest BCUT2D eigenvalue weighted by Gasteiger charge is 2.59. The summed E-state index contributed by atoms with van der Waals surface area (Å²) in [6.07, 6.45) is -0.860. The number of rotatable bonds is 7. The van der Waals surface area contributed by atoms with Gasteiger partial charge in [0.1, 0.15) is 17.4 Å². The van der Waals surface area contributed by atoms with Crippen LogP contribution < -0.4 is 28.7 Å². The number of nitrogens with zero attached hydrogens (tertiary/aromatic N) is 4. The van der Waals surface area contributed by atoms with Gasteiger partial charge < -0.3 is 32.8 Å². The van der Waals surface area contributed by atoms with Gasteiger partial charge in [0.25, 0.3) is 11.8 Å². The zero-order valence-electron chi connectivity index (χ0n) is 31.5. The van der Waals surface area contributed by atoms with Crippen LogP contribution in [0.5, 0.6) is 23.0 Å².